The summed E-state index contributed by atoms with van der Waals surface area (Å²) in [7, 11) is 1.60. The zero-order valence-corrected chi connectivity index (χ0v) is 12.3. The first-order valence-electron chi connectivity index (χ1n) is 6.17. The predicted octanol–water partition coefficient (Wildman–Crippen LogP) is 1.92. The Morgan fingerprint density at radius 1 is 1.40 bits per heavy atom. The molecule has 6 nitrogen and oxygen atoms in total. The van der Waals surface area contributed by atoms with Crippen LogP contribution in [0.3, 0.4) is 0 Å². The highest BCUT2D eigenvalue weighted by molar-refractivity contribution is 7.09. The zero-order valence-electron chi connectivity index (χ0n) is 11.5. The van der Waals surface area contributed by atoms with Gasteiger partial charge in [-0.15, -0.1) is 11.3 Å². The molecule has 3 amide bonds. The van der Waals surface area contributed by atoms with Crippen molar-refractivity contribution in [2.24, 2.45) is 5.92 Å². The number of hydrogen-bond acceptors (Lipinski definition) is 4. The topological polar surface area (TPSA) is 86.7 Å². The summed E-state index contributed by atoms with van der Waals surface area (Å²) in [4.78, 5) is 36.3. The number of carbonyl (C=O) groups excluding carboxylic acids is 2. The standard InChI is InChI=1S/C13H18N2O4S/c1-9(7-12(17)18)6-11(16)14-13(19)15(2)8-10-4-3-5-20-10/h3-5,9H,6-8H2,1-2H3,(H,17,18)(H,14,16,19). The van der Waals surface area contributed by atoms with Crippen LogP contribution in [-0.2, 0) is 16.1 Å². The van der Waals surface area contributed by atoms with Crippen LogP contribution < -0.4 is 5.32 Å². The molecule has 0 aliphatic carbocycles. The molecular formula is C13H18N2O4S. The second-order valence-corrected chi connectivity index (χ2v) is 5.73. The van der Waals surface area contributed by atoms with Gasteiger partial charge in [0, 0.05) is 24.8 Å². The summed E-state index contributed by atoms with van der Waals surface area (Å²) >= 11 is 1.53. The number of rotatable bonds is 6. The molecule has 1 atom stereocenters. The number of hydrogen-bond donors (Lipinski definition) is 2. The van der Waals surface area contributed by atoms with Gasteiger partial charge in [-0.2, -0.15) is 0 Å². The van der Waals surface area contributed by atoms with Crippen molar-refractivity contribution in [1.29, 1.82) is 0 Å². The first-order valence-corrected chi connectivity index (χ1v) is 7.05. The molecular weight excluding hydrogens is 280 g/mol. The molecule has 7 heteroatoms. The first kappa shape index (κ1) is 16.2. The minimum absolute atomic E-state index is 0.0187. The second kappa shape index (κ2) is 7.64. The number of urea groups is 1. The van der Waals surface area contributed by atoms with Crippen molar-refractivity contribution in [1.82, 2.24) is 10.2 Å². The number of nitrogens with one attached hydrogen (secondary N) is 1. The van der Waals surface area contributed by atoms with Crippen molar-refractivity contribution in [3.63, 3.8) is 0 Å². The minimum Gasteiger partial charge on any atom is -0.481 e. The molecule has 0 aromatic carbocycles. The van der Waals surface area contributed by atoms with Crippen LogP contribution in [0.25, 0.3) is 0 Å². The van der Waals surface area contributed by atoms with E-state index in [2.05, 4.69) is 5.32 Å². The smallest absolute Gasteiger partial charge is 0.324 e. The Hall–Kier alpha value is -1.89. The van der Waals surface area contributed by atoms with Gasteiger partial charge in [-0.25, -0.2) is 4.79 Å². The number of amides is 3. The highest BCUT2D eigenvalue weighted by Gasteiger charge is 2.17. The predicted molar refractivity (Wildman–Crippen MR) is 75.4 cm³/mol. The van der Waals surface area contributed by atoms with Crippen molar-refractivity contribution >= 4 is 29.2 Å². The van der Waals surface area contributed by atoms with Crippen molar-refractivity contribution < 1.29 is 19.5 Å². The first-order chi connectivity index (χ1) is 9.38. The Bertz CT molecular complexity index is 473. The van der Waals surface area contributed by atoms with Crippen LogP contribution in [0.2, 0.25) is 0 Å². The molecule has 0 saturated heterocycles. The Labute approximate surface area is 121 Å². The number of imide groups is 1. The molecule has 1 heterocycles. The summed E-state index contributed by atoms with van der Waals surface area (Å²) in [6, 6.07) is 3.32. The van der Waals surface area contributed by atoms with E-state index >= 15 is 0 Å². The normalized spacial score (nSPS) is 11.7. The van der Waals surface area contributed by atoms with Gasteiger partial charge in [0.05, 0.1) is 6.54 Å². The third-order valence-corrected chi connectivity index (χ3v) is 3.48. The van der Waals surface area contributed by atoms with Gasteiger partial charge < -0.3 is 10.0 Å². The van der Waals surface area contributed by atoms with E-state index < -0.39 is 17.9 Å². The highest BCUT2D eigenvalue weighted by atomic mass is 32.1. The fraction of sp³-hybridized carbons (Fsp3) is 0.462. The highest BCUT2D eigenvalue weighted by Crippen LogP contribution is 2.11. The van der Waals surface area contributed by atoms with Crippen molar-refractivity contribution in [2.75, 3.05) is 7.05 Å². The summed E-state index contributed by atoms with van der Waals surface area (Å²) in [5, 5.41) is 12.8. The van der Waals surface area contributed by atoms with E-state index in [1.807, 2.05) is 17.5 Å². The SMILES string of the molecule is CC(CC(=O)O)CC(=O)NC(=O)N(C)Cc1cccs1. The maximum absolute atomic E-state index is 11.8. The molecule has 2 N–H and O–H groups in total. The monoisotopic (exact) mass is 298 g/mol. The number of nitrogens with zero attached hydrogens (tertiary/aromatic N) is 1. The maximum Gasteiger partial charge on any atom is 0.324 e. The lowest BCUT2D eigenvalue weighted by atomic mass is 10.0. The number of carboxylic acid groups (broad SMARTS) is 1. The van der Waals surface area contributed by atoms with Gasteiger partial charge in [0.1, 0.15) is 0 Å². The van der Waals surface area contributed by atoms with E-state index in [0.717, 1.165) is 4.88 Å². The van der Waals surface area contributed by atoms with Gasteiger partial charge in [0.15, 0.2) is 0 Å². The molecule has 1 rings (SSSR count). The average molecular weight is 298 g/mol. The lowest BCUT2D eigenvalue weighted by Gasteiger charge is -2.17. The van der Waals surface area contributed by atoms with Gasteiger partial charge in [-0.3, -0.25) is 14.9 Å². The molecule has 110 valence electrons. The lowest BCUT2D eigenvalue weighted by molar-refractivity contribution is -0.138. The van der Waals surface area contributed by atoms with Crippen LogP contribution in [0.4, 0.5) is 4.79 Å². The van der Waals surface area contributed by atoms with Crippen molar-refractivity contribution in [3.05, 3.63) is 22.4 Å². The Kier molecular flexibility index (Phi) is 6.17. The van der Waals surface area contributed by atoms with Crippen LogP contribution in [0, 0.1) is 5.92 Å². The van der Waals surface area contributed by atoms with E-state index in [-0.39, 0.29) is 18.8 Å². The molecule has 0 saturated carbocycles. The second-order valence-electron chi connectivity index (χ2n) is 4.70. The Morgan fingerprint density at radius 2 is 2.10 bits per heavy atom. The zero-order chi connectivity index (χ0) is 15.1. The molecule has 1 aromatic rings. The number of aliphatic carboxylic acids is 1. The van der Waals surface area contributed by atoms with Crippen LogP contribution in [0.1, 0.15) is 24.6 Å². The van der Waals surface area contributed by atoms with Crippen LogP contribution in [0.5, 0.6) is 0 Å². The van der Waals surface area contributed by atoms with Crippen LogP contribution in [0.15, 0.2) is 17.5 Å². The third-order valence-electron chi connectivity index (χ3n) is 2.62. The van der Waals surface area contributed by atoms with Crippen LogP contribution in [-0.4, -0.2) is 35.0 Å². The summed E-state index contributed by atoms with van der Waals surface area (Å²) in [6.45, 7) is 2.09. The molecule has 0 bridgehead atoms. The third kappa shape index (κ3) is 5.83. The van der Waals surface area contributed by atoms with Gasteiger partial charge in [0.2, 0.25) is 5.91 Å². The Morgan fingerprint density at radius 3 is 2.65 bits per heavy atom. The van der Waals surface area contributed by atoms with E-state index in [0.29, 0.717) is 6.54 Å². The molecule has 0 aliphatic rings. The number of carbonyl (C=O) groups is 3. The Balaban J connectivity index is 2.37. The molecule has 20 heavy (non-hydrogen) atoms. The van der Waals surface area contributed by atoms with Gasteiger partial charge in [0.25, 0.3) is 0 Å². The fourth-order valence-electron chi connectivity index (χ4n) is 1.66. The number of carboxylic acids is 1. The van der Waals surface area contributed by atoms with E-state index in [1.54, 1.807) is 14.0 Å². The largest absolute Gasteiger partial charge is 0.481 e. The average Bonchev–Trinajstić information content (AvgIpc) is 2.79. The molecule has 1 aromatic heterocycles. The van der Waals surface area contributed by atoms with E-state index in [4.69, 9.17) is 5.11 Å². The molecule has 0 spiro atoms. The summed E-state index contributed by atoms with van der Waals surface area (Å²) in [5.41, 5.74) is 0. The number of thiophene rings is 1. The lowest BCUT2D eigenvalue weighted by Crippen LogP contribution is -2.40. The molecule has 0 fully saturated rings. The summed E-state index contributed by atoms with van der Waals surface area (Å²) < 4.78 is 0. The quantitative estimate of drug-likeness (QED) is 0.840. The van der Waals surface area contributed by atoms with Crippen LogP contribution >= 0.6 is 11.3 Å². The molecule has 1 unspecified atom stereocenters. The molecule has 0 radical (unpaired) electrons. The summed E-state index contributed by atoms with van der Waals surface area (Å²) in [5.74, 6) is -1.71. The van der Waals surface area contributed by atoms with Crippen molar-refractivity contribution in [3.8, 4) is 0 Å². The van der Waals surface area contributed by atoms with Gasteiger partial charge >= 0.3 is 12.0 Å². The fourth-order valence-corrected chi connectivity index (χ4v) is 2.42. The van der Waals surface area contributed by atoms with E-state index in [9.17, 15) is 14.4 Å². The molecule has 0 aliphatic heterocycles. The maximum atomic E-state index is 11.8. The van der Waals surface area contributed by atoms with E-state index in [1.165, 1.54) is 16.2 Å². The minimum atomic E-state index is -0.952. The summed E-state index contributed by atoms with van der Waals surface area (Å²) in [6.07, 6.45) is -0.0719. The van der Waals surface area contributed by atoms with Crippen molar-refractivity contribution in [2.45, 2.75) is 26.3 Å². The van der Waals surface area contributed by atoms with Gasteiger partial charge in [-0.1, -0.05) is 13.0 Å². The van der Waals surface area contributed by atoms with Gasteiger partial charge in [-0.05, 0) is 17.4 Å².